The van der Waals surface area contributed by atoms with Crippen molar-refractivity contribution in [3.63, 3.8) is 0 Å². The Bertz CT molecular complexity index is 999. The van der Waals surface area contributed by atoms with Gasteiger partial charge in [0.2, 0.25) is 0 Å². The summed E-state index contributed by atoms with van der Waals surface area (Å²) in [4.78, 5) is 15.6. The molecule has 0 saturated carbocycles. The number of unbranched alkanes of at least 4 members (excludes halogenated alkanes) is 1. The molecule has 190 valence electrons. The molecule has 0 unspecified atom stereocenters. The van der Waals surface area contributed by atoms with Gasteiger partial charge in [0, 0.05) is 25.2 Å². The van der Waals surface area contributed by atoms with Crippen LogP contribution in [0.15, 0.2) is 36.4 Å². The van der Waals surface area contributed by atoms with E-state index in [1.807, 2.05) is 6.07 Å². The zero-order valence-electron chi connectivity index (χ0n) is 21.0. The van der Waals surface area contributed by atoms with Gasteiger partial charge in [-0.3, -0.25) is 9.69 Å². The molecule has 0 radical (unpaired) electrons. The normalized spacial score (nSPS) is 14.1. The average Bonchev–Trinajstić information content (AvgIpc) is 2.91. The standard InChI is InChI=1S/C27H35NO7/c1-30-21-18-25(33-4)27(22(29)9-7-20-8-10-23(31-2)24(17-20)32-3)26(19-21)35-14-6-5-11-28-12-15-34-16-13-28/h7-10,17-19H,5-6,11-16H2,1-4H3. The lowest BCUT2D eigenvalue weighted by atomic mass is 10.1. The van der Waals surface area contributed by atoms with Crippen molar-refractivity contribution >= 4 is 11.9 Å². The third-order valence-corrected chi connectivity index (χ3v) is 5.81. The van der Waals surface area contributed by atoms with Crippen molar-refractivity contribution in [3.8, 4) is 28.7 Å². The third kappa shape index (κ3) is 7.37. The Kier molecular flexibility index (Phi) is 10.3. The summed E-state index contributed by atoms with van der Waals surface area (Å²) in [6.07, 6.45) is 5.09. The molecule has 3 rings (SSSR count). The van der Waals surface area contributed by atoms with Crippen LogP contribution in [0.2, 0.25) is 0 Å². The zero-order valence-corrected chi connectivity index (χ0v) is 21.0. The van der Waals surface area contributed by atoms with Gasteiger partial charge in [-0.05, 0) is 43.2 Å². The van der Waals surface area contributed by atoms with Crippen LogP contribution in [0.1, 0.15) is 28.8 Å². The van der Waals surface area contributed by atoms with Crippen molar-refractivity contribution in [1.29, 1.82) is 0 Å². The highest BCUT2D eigenvalue weighted by Crippen LogP contribution is 2.35. The van der Waals surface area contributed by atoms with Crippen LogP contribution in [0.3, 0.4) is 0 Å². The molecule has 8 nitrogen and oxygen atoms in total. The Balaban J connectivity index is 1.71. The smallest absolute Gasteiger partial charge is 0.193 e. The van der Waals surface area contributed by atoms with Crippen LogP contribution in [-0.4, -0.2) is 78.6 Å². The summed E-state index contributed by atoms with van der Waals surface area (Å²) in [5.74, 6) is 2.37. The van der Waals surface area contributed by atoms with Crippen molar-refractivity contribution in [1.82, 2.24) is 4.90 Å². The first-order valence-corrected chi connectivity index (χ1v) is 11.7. The van der Waals surface area contributed by atoms with Crippen LogP contribution in [0.4, 0.5) is 0 Å². The number of morpholine rings is 1. The van der Waals surface area contributed by atoms with Crippen LogP contribution in [0, 0.1) is 0 Å². The van der Waals surface area contributed by atoms with E-state index >= 15 is 0 Å². The van der Waals surface area contributed by atoms with Gasteiger partial charge in [-0.1, -0.05) is 12.1 Å². The number of carbonyl (C=O) groups is 1. The molecule has 0 aliphatic carbocycles. The highest BCUT2D eigenvalue weighted by atomic mass is 16.5. The molecule has 0 atom stereocenters. The van der Waals surface area contributed by atoms with E-state index in [-0.39, 0.29) is 5.78 Å². The van der Waals surface area contributed by atoms with Crippen LogP contribution in [0.5, 0.6) is 28.7 Å². The fourth-order valence-corrected chi connectivity index (χ4v) is 3.86. The summed E-state index contributed by atoms with van der Waals surface area (Å²) < 4.78 is 33.0. The second-order valence-electron chi connectivity index (χ2n) is 8.02. The summed E-state index contributed by atoms with van der Waals surface area (Å²) in [7, 11) is 6.25. The Morgan fingerprint density at radius 2 is 1.60 bits per heavy atom. The summed E-state index contributed by atoms with van der Waals surface area (Å²) >= 11 is 0. The van der Waals surface area contributed by atoms with E-state index in [2.05, 4.69) is 4.90 Å². The molecule has 0 N–H and O–H groups in total. The number of rotatable bonds is 13. The SMILES string of the molecule is COc1cc(OC)c(C(=O)C=Cc2ccc(OC)c(OC)c2)c(OCCCCN2CCOCC2)c1. The Morgan fingerprint density at radius 3 is 2.29 bits per heavy atom. The summed E-state index contributed by atoms with van der Waals surface area (Å²) in [5, 5.41) is 0. The topological polar surface area (TPSA) is 75.7 Å². The number of benzene rings is 2. The van der Waals surface area contributed by atoms with Gasteiger partial charge >= 0.3 is 0 Å². The van der Waals surface area contributed by atoms with Gasteiger partial charge in [-0.2, -0.15) is 0 Å². The Morgan fingerprint density at radius 1 is 0.886 bits per heavy atom. The van der Waals surface area contributed by atoms with Crippen LogP contribution < -0.4 is 23.7 Å². The van der Waals surface area contributed by atoms with E-state index in [1.54, 1.807) is 51.7 Å². The summed E-state index contributed by atoms with van der Waals surface area (Å²) in [5.41, 5.74) is 1.16. The predicted octanol–water partition coefficient (Wildman–Crippen LogP) is 4.11. The zero-order chi connectivity index (χ0) is 25.0. The molecular formula is C27H35NO7. The van der Waals surface area contributed by atoms with Crippen molar-refractivity contribution in [3.05, 3.63) is 47.5 Å². The predicted molar refractivity (Wildman–Crippen MR) is 134 cm³/mol. The van der Waals surface area contributed by atoms with Crippen molar-refractivity contribution < 1.29 is 33.2 Å². The first kappa shape index (κ1) is 26.4. The number of carbonyl (C=O) groups excluding carboxylic acids is 1. The number of ether oxygens (including phenoxy) is 6. The number of nitrogens with zero attached hydrogens (tertiary/aromatic N) is 1. The van der Waals surface area contributed by atoms with Gasteiger partial charge in [0.1, 0.15) is 22.8 Å². The fraction of sp³-hybridized carbons (Fsp3) is 0.444. The van der Waals surface area contributed by atoms with E-state index in [0.29, 0.717) is 40.9 Å². The highest BCUT2D eigenvalue weighted by molar-refractivity contribution is 6.10. The lowest BCUT2D eigenvalue weighted by Crippen LogP contribution is -2.36. The molecule has 2 aromatic rings. The van der Waals surface area contributed by atoms with Gasteiger partial charge in [0.15, 0.2) is 17.3 Å². The number of hydrogen-bond acceptors (Lipinski definition) is 8. The maximum atomic E-state index is 13.2. The molecule has 8 heteroatoms. The number of ketones is 1. The van der Waals surface area contributed by atoms with Gasteiger partial charge in [-0.25, -0.2) is 0 Å². The van der Waals surface area contributed by atoms with Crippen molar-refractivity contribution in [2.45, 2.75) is 12.8 Å². The lowest BCUT2D eigenvalue weighted by molar-refractivity contribution is 0.0368. The number of methoxy groups -OCH3 is 4. The second-order valence-corrected chi connectivity index (χ2v) is 8.02. The average molecular weight is 486 g/mol. The molecule has 1 aliphatic rings. The highest BCUT2D eigenvalue weighted by Gasteiger charge is 2.19. The van der Waals surface area contributed by atoms with E-state index in [1.165, 1.54) is 13.2 Å². The van der Waals surface area contributed by atoms with Gasteiger partial charge in [-0.15, -0.1) is 0 Å². The van der Waals surface area contributed by atoms with Crippen molar-refractivity contribution in [2.24, 2.45) is 0 Å². The fourth-order valence-electron chi connectivity index (χ4n) is 3.86. The first-order valence-electron chi connectivity index (χ1n) is 11.7. The van der Waals surface area contributed by atoms with E-state index in [9.17, 15) is 4.79 Å². The minimum absolute atomic E-state index is 0.234. The molecule has 1 heterocycles. The molecule has 2 aromatic carbocycles. The van der Waals surface area contributed by atoms with E-state index < -0.39 is 0 Å². The molecule has 1 aliphatic heterocycles. The second kappa shape index (κ2) is 13.6. The van der Waals surface area contributed by atoms with E-state index in [0.717, 1.165) is 51.3 Å². The van der Waals surface area contributed by atoms with Crippen molar-refractivity contribution in [2.75, 3.05) is 67.9 Å². The van der Waals surface area contributed by atoms with Gasteiger partial charge in [0.05, 0.1) is 48.3 Å². The van der Waals surface area contributed by atoms with E-state index in [4.69, 9.17) is 28.4 Å². The van der Waals surface area contributed by atoms with Gasteiger partial charge < -0.3 is 28.4 Å². The summed E-state index contributed by atoms with van der Waals surface area (Å²) in [6, 6.07) is 8.86. The maximum absolute atomic E-state index is 13.2. The number of hydrogen-bond donors (Lipinski definition) is 0. The van der Waals surface area contributed by atoms with Crippen LogP contribution in [-0.2, 0) is 4.74 Å². The first-order chi connectivity index (χ1) is 17.1. The molecule has 0 aromatic heterocycles. The molecule has 0 spiro atoms. The monoisotopic (exact) mass is 485 g/mol. The lowest BCUT2D eigenvalue weighted by Gasteiger charge is -2.26. The largest absolute Gasteiger partial charge is 0.496 e. The Hall–Kier alpha value is -3.23. The van der Waals surface area contributed by atoms with Crippen LogP contribution in [0.25, 0.3) is 6.08 Å². The molecular weight excluding hydrogens is 450 g/mol. The summed E-state index contributed by atoms with van der Waals surface area (Å²) in [6.45, 7) is 5.02. The van der Waals surface area contributed by atoms with Crippen LogP contribution >= 0.6 is 0 Å². The van der Waals surface area contributed by atoms with Gasteiger partial charge in [0.25, 0.3) is 0 Å². The minimum Gasteiger partial charge on any atom is -0.496 e. The third-order valence-electron chi connectivity index (χ3n) is 5.81. The minimum atomic E-state index is -0.234. The molecule has 1 saturated heterocycles. The Labute approximate surface area is 207 Å². The molecule has 0 amide bonds. The molecule has 0 bridgehead atoms. The number of allylic oxidation sites excluding steroid dienone is 1. The molecule has 1 fully saturated rings. The molecule has 35 heavy (non-hydrogen) atoms. The maximum Gasteiger partial charge on any atom is 0.193 e. The quantitative estimate of drug-likeness (QED) is 0.238.